The topological polar surface area (TPSA) is 98.5 Å². The van der Waals surface area contributed by atoms with Crippen molar-refractivity contribution in [2.24, 2.45) is 5.73 Å². The molecule has 6 nitrogen and oxygen atoms in total. The lowest BCUT2D eigenvalue weighted by atomic mass is 10.0. The molecule has 2 amide bonds. The van der Waals surface area contributed by atoms with Crippen LogP contribution in [0.25, 0.3) is 11.1 Å². The minimum Gasteiger partial charge on any atom is -0.452 e. The van der Waals surface area contributed by atoms with Crippen molar-refractivity contribution in [3.05, 3.63) is 76.2 Å². The van der Waals surface area contributed by atoms with E-state index >= 15 is 0 Å². The van der Waals surface area contributed by atoms with Gasteiger partial charge in [0.1, 0.15) is 5.00 Å². The van der Waals surface area contributed by atoms with Crippen LogP contribution in [0.2, 0.25) is 0 Å². The molecule has 0 aliphatic heterocycles. The quantitative estimate of drug-likeness (QED) is 0.593. The number of carbonyl (C=O) groups excluding carboxylic acids is 3. The highest BCUT2D eigenvalue weighted by Gasteiger charge is 2.26. The number of ether oxygens (including phenoxy) is 1. The van der Waals surface area contributed by atoms with Crippen molar-refractivity contribution >= 4 is 34.1 Å². The first-order valence-corrected chi connectivity index (χ1v) is 10.4. The van der Waals surface area contributed by atoms with Gasteiger partial charge in [0.15, 0.2) is 6.61 Å². The number of nitrogens with two attached hydrogens (primary N) is 1. The third-order valence-corrected chi connectivity index (χ3v) is 6.19. The van der Waals surface area contributed by atoms with Gasteiger partial charge >= 0.3 is 5.97 Å². The van der Waals surface area contributed by atoms with Crippen LogP contribution in [0.1, 0.15) is 37.6 Å². The van der Waals surface area contributed by atoms with E-state index in [1.807, 2.05) is 42.5 Å². The molecule has 4 rings (SSSR count). The van der Waals surface area contributed by atoms with Crippen molar-refractivity contribution in [1.82, 2.24) is 0 Å². The second kappa shape index (κ2) is 8.51. The average Bonchev–Trinajstić information content (AvgIpc) is 3.33. The molecule has 0 atom stereocenters. The number of rotatable bonds is 6. The van der Waals surface area contributed by atoms with Crippen LogP contribution in [0.5, 0.6) is 0 Å². The zero-order valence-corrected chi connectivity index (χ0v) is 17.0. The Morgan fingerprint density at radius 2 is 1.67 bits per heavy atom. The normalized spacial score (nSPS) is 12.3. The summed E-state index contributed by atoms with van der Waals surface area (Å²) in [5.74, 6) is -1.65. The number of thiophene rings is 1. The van der Waals surface area contributed by atoms with E-state index < -0.39 is 24.4 Å². The van der Waals surface area contributed by atoms with Crippen molar-refractivity contribution < 1.29 is 19.1 Å². The summed E-state index contributed by atoms with van der Waals surface area (Å²) in [6, 6.07) is 16.8. The maximum Gasteiger partial charge on any atom is 0.338 e. The number of carbonyl (C=O) groups is 3. The Morgan fingerprint density at radius 1 is 0.967 bits per heavy atom. The maximum absolute atomic E-state index is 12.3. The Labute approximate surface area is 177 Å². The number of fused-ring (bicyclic) bond motifs is 1. The summed E-state index contributed by atoms with van der Waals surface area (Å²) in [5, 5.41) is 3.09. The lowest BCUT2D eigenvalue weighted by Crippen LogP contribution is -2.22. The van der Waals surface area contributed by atoms with Crippen LogP contribution in [0, 0.1) is 0 Å². The Bertz CT molecular complexity index is 1100. The van der Waals surface area contributed by atoms with E-state index in [2.05, 4.69) is 5.32 Å². The Morgan fingerprint density at radius 3 is 2.37 bits per heavy atom. The highest BCUT2D eigenvalue weighted by molar-refractivity contribution is 7.17. The highest BCUT2D eigenvalue weighted by atomic mass is 32.1. The summed E-state index contributed by atoms with van der Waals surface area (Å²) in [6.45, 7) is -0.444. The first-order valence-electron chi connectivity index (χ1n) is 9.59. The van der Waals surface area contributed by atoms with Crippen molar-refractivity contribution in [3.63, 3.8) is 0 Å². The molecule has 0 saturated carbocycles. The molecule has 0 unspecified atom stereocenters. The van der Waals surface area contributed by atoms with Crippen LogP contribution < -0.4 is 11.1 Å². The Hall–Kier alpha value is -3.45. The lowest BCUT2D eigenvalue weighted by molar-refractivity contribution is -0.119. The molecule has 0 bridgehead atoms. The fourth-order valence-electron chi connectivity index (χ4n) is 3.56. The molecule has 0 fully saturated rings. The fraction of sp³-hybridized carbons (Fsp3) is 0.174. The Balaban J connectivity index is 1.36. The van der Waals surface area contributed by atoms with Gasteiger partial charge in [-0.25, -0.2) is 4.79 Å². The average molecular weight is 420 g/mol. The number of benzene rings is 2. The molecule has 30 heavy (non-hydrogen) atoms. The van der Waals surface area contributed by atoms with Crippen LogP contribution in [0.3, 0.4) is 0 Å². The predicted molar refractivity (Wildman–Crippen MR) is 116 cm³/mol. The van der Waals surface area contributed by atoms with E-state index in [1.54, 1.807) is 12.1 Å². The predicted octanol–water partition coefficient (Wildman–Crippen LogP) is 3.80. The third-order valence-electron chi connectivity index (χ3n) is 4.98. The number of nitrogens with one attached hydrogen (secondary N) is 1. The number of anilines is 1. The summed E-state index contributed by atoms with van der Waals surface area (Å²) < 4.78 is 5.12. The number of amides is 2. The molecular weight excluding hydrogens is 400 g/mol. The second-order valence-corrected chi connectivity index (χ2v) is 8.10. The van der Waals surface area contributed by atoms with Crippen LogP contribution in [-0.4, -0.2) is 24.4 Å². The molecule has 1 heterocycles. The summed E-state index contributed by atoms with van der Waals surface area (Å²) >= 11 is 1.36. The summed E-state index contributed by atoms with van der Waals surface area (Å²) in [6.07, 6.45) is 2.65. The summed E-state index contributed by atoms with van der Waals surface area (Å²) in [5.41, 5.74) is 9.18. The number of hydrogen-bond donors (Lipinski definition) is 2. The van der Waals surface area contributed by atoms with E-state index in [1.165, 1.54) is 11.3 Å². The standard InChI is InChI=1S/C23H20N2O4S/c24-21(27)20-17-7-4-8-18(17)30-22(20)25-19(26)13-29-23(28)16-11-9-15(10-12-16)14-5-2-1-3-6-14/h1-3,5-6,9-12H,4,7-8,13H2,(H2,24,27)(H,25,26). The second-order valence-electron chi connectivity index (χ2n) is 6.99. The molecule has 0 spiro atoms. The van der Waals surface area contributed by atoms with Crippen LogP contribution in [0.4, 0.5) is 5.00 Å². The molecule has 152 valence electrons. The zero-order valence-electron chi connectivity index (χ0n) is 16.1. The van der Waals surface area contributed by atoms with Gasteiger partial charge in [-0.15, -0.1) is 11.3 Å². The number of esters is 1. The van der Waals surface area contributed by atoms with Crippen molar-refractivity contribution in [1.29, 1.82) is 0 Å². The molecular formula is C23H20N2O4S. The largest absolute Gasteiger partial charge is 0.452 e. The molecule has 1 aliphatic rings. The Kier molecular flexibility index (Phi) is 5.63. The SMILES string of the molecule is NC(=O)c1c(NC(=O)COC(=O)c2ccc(-c3ccccc3)cc2)sc2c1CCC2. The van der Waals surface area contributed by atoms with Gasteiger partial charge in [0, 0.05) is 4.88 Å². The van der Waals surface area contributed by atoms with E-state index in [4.69, 9.17) is 10.5 Å². The van der Waals surface area contributed by atoms with Gasteiger partial charge in [0.05, 0.1) is 11.1 Å². The van der Waals surface area contributed by atoms with Crippen LogP contribution in [-0.2, 0) is 22.4 Å². The van der Waals surface area contributed by atoms with Gasteiger partial charge in [-0.05, 0) is 48.1 Å². The minimum absolute atomic E-state index is 0.357. The van der Waals surface area contributed by atoms with Gasteiger partial charge in [0.2, 0.25) is 0 Å². The van der Waals surface area contributed by atoms with E-state index in [0.717, 1.165) is 40.8 Å². The van der Waals surface area contributed by atoms with Crippen molar-refractivity contribution in [2.45, 2.75) is 19.3 Å². The molecule has 1 aromatic heterocycles. The van der Waals surface area contributed by atoms with E-state index in [0.29, 0.717) is 16.1 Å². The van der Waals surface area contributed by atoms with Gasteiger partial charge in [-0.2, -0.15) is 0 Å². The minimum atomic E-state index is -0.589. The number of primary amides is 1. The van der Waals surface area contributed by atoms with E-state index in [9.17, 15) is 14.4 Å². The van der Waals surface area contributed by atoms with Gasteiger partial charge in [0.25, 0.3) is 11.8 Å². The molecule has 0 radical (unpaired) electrons. The lowest BCUT2D eigenvalue weighted by Gasteiger charge is -2.08. The first-order chi connectivity index (χ1) is 14.5. The molecule has 7 heteroatoms. The van der Waals surface area contributed by atoms with Crippen LogP contribution >= 0.6 is 11.3 Å². The van der Waals surface area contributed by atoms with E-state index in [-0.39, 0.29) is 0 Å². The molecule has 2 aromatic carbocycles. The molecule has 3 N–H and O–H groups in total. The maximum atomic E-state index is 12.3. The van der Waals surface area contributed by atoms with Crippen LogP contribution in [0.15, 0.2) is 54.6 Å². The summed E-state index contributed by atoms with van der Waals surface area (Å²) in [4.78, 5) is 37.4. The van der Waals surface area contributed by atoms with Crippen molar-refractivity contribution in [2.75, 3.05) is 11.9 Å². The summed E-state index contributed by atoms with van der Waals surface area (Å²) in [7, 11) is 0. The molecule has 0 saturated heterocycles. The van der Waals surface area contributed by atoms with Gasteiger partial charge in [-0.1, -0.05) is 42.5 Å². The fourth-order valence-corrected chi connectivity index (χ4v) is 4.87. The highest BCUT2D eigenvalue weighted by Crippen LogP contribution is 2.38. The zero-order chi connectivity index (χ0) is 21.1. The third kappa shape index (κ3) is 4.11. The van der Waals surface area contributed by atoms with Gasteiger partial charge < -0.3 is 15.8 Å². The monoisotopic (exact) mass is 420 g/mol. The first kappa shape index (κ1) is 19.8. The molecule has 3 aromatic rings. The van der Waals surface area contributed by atoms with Crippen molar-refractivity contribution in [3.8, 4) is 11.1 Å². The number of hydrogen-bond acceptors (Lipinski definition) is 5. The smallest absolute Gasteiger partial charge is 0.338 e. The number of aryl methyl sites for hydroxylation is 1. The molecule has 1 aliphatic carbocycles. The van der Waals surface area contributed by atoms with Gasteiger partial charge in [-0.3, -0.25) is 9.59 Å².